The van der Waals surface area contributed by atoms with E-state index < -0.39 is 6.29 Å². The van der Waals surface area contributed by atoms with E-state index in [1.54, 1.807) is 13.8 Å². The third-order valence-electron chi connectivity index (χ3n) is 1.81. The highest BCUT2D eigenvalue weighted by molar-refractivity contribution is 5.78. The van der Waals surface area contributed by atoms with E-state index >= 15 is 0 Å². The molecule has 3 nitrogen and oxygen atoms in total. The molecule has 0 amide bonds. The fraction of sp³-hybridized carbons (Fsp3) is 0.333. The number of aryl methyl sites for hydroxylation is 1. The zero-order chi connectivity index (χ0) is 11.3. The van der Waals surface area contributed by atoms with Gasteiger partial charge in [-0.05, 0) is 24.6 Å². The second-order valence-electron chi connectivity index (χ2n) is 3.23. The maximum atomic E-state index is 10.9. The van der Waals surface area contributed by atoms with E-state index in [1.165, 1.54) is 6.42 Å². The van der Waals surface area contributed by atoms with Crippen LogP contribution < -0.4 is 4.74 Å². The molecule has 15 heavy (non-hydrogen) atoms. The maximum Gasteiger partial charge on any atom is 0.312 e. The lowest BCUT2D eigenvalue weighted by atomic mass is 10.2. The van der Waals surface area contributed by atoms with Crippen molar-refractivity contribution in [2.45, 2.75) is 27.1 Å². The minimum absolute atomic E-state index is 0.379. The lowest BCUT2D eigenvalue weighted by Crippen LogP contribution is -2.20. The van der Waals surface area contributed by atoms with Crippen LogP contribution in [0.1, 0.15) is 19.4 Å². The molecule has 0 fully saturated rings. The minimum Gasteiger partial charge on any atom is -0.455 e. The van der Waals surface area contributed by atoms with Gasteiger partial charge in [-0.1, -0.05) is 19.1 Å². The molecule has 0 aliphatic rings. The molecular weight excluding hydrogens is 192 g/mol. The first-order valence-corrected chi connectivity index (χ1v) is 4.85. The molecule has 1 rings (SSSR count). The monoisotopic (exact) mass is 207 g/mol. The number of rotatable bonds is 4. The van der Waals surface area contributed by atoms with E-state index in [1.807, 2.05) is 31.2 Å². The van der Waals surface area contributed by atoms with Crippen molar-refractivity contribution in [3.8, 4) is 5.75 Å². The highest BCUT2D eigenvalue weighted by Gasteiger charge is 2.08. The second-order valence-corrected chi connectivity index (χ2v) is 3.23. The van der Waals surface area contributed by atoms with Crippen LogP contribution in [0.4, 0.5) is 0 Å². The molecule has 3 heteroatoms. The van der Waals surface area contributed by atoms with Crippen LogP contribution >= 0.6 is 0 Å². The molecule has 1 atom stereocenters. The van der Waals surface area contributed by atoms with Crippen molar-refractivity contribution in [1.82, 2.24) is 0 Å². The molecule has 0 spiro atoms. The average Bonchev–Trinajstić information content (AvgIpc) is 2.17. The van der Waals surface area contributed by atoms with E-state index in [2.05, 4.69) is 0 Å². The number of hydrogen-bond acceptors (Lipinski definition) is 3. The third-order valence-corrected chi connectivity index (χ3v) is 1.81. The maximum absolute atomic E-state index is 10.9. The van der Waals surface area contributed by atoms with Gasteiger partial charge in [-0.25, -0.2) is 0 Å². The van der Waals surface area contributed by atoms with Gasteiger partial charge in [-0.2, -0.15) is 0 Å². The van der Waals surface area contributed by atoms with Crippen LogP contribution in [-0.2, 0) is 9.53 Å². The summed E-state index contributed by atoms with van der Waals surface area (Å²) >= 11 is 0. The Morgan fingerprint density at radius 3 is 2.80 bits per heavy atom. The van der Waals surface area contributed by atoms with Crippen molar-refractivity contribution < 1.29 is 14.3 Å². The number of ether oxygens (including phenoxy) is 2. The molecule has 1 aromatic rings. The molecule has 0 heterocycles. The van der Waals surface area contributed by atoms with E-state index in [9.17, 15) is 4.79 Å². The molecule has 0 N–H and O–H groups in total. The Morgan fingerprint density at radius 1 is 1.47 bits per heavy atom. The van der Waals surface area contributed by atoms with Crippen LogP contribution in [0.15, 0.2) is 24.3 Å². The van der Waals surface area contributed by atoms with Gasteiger partial charge in [0, 0.05) is 6.92 Å². The highest BCUT2D eigenvalue weighted by atomic mass is 16.7. The lowest BCUT2D eigenvalue weighted by Gasteiger charge is -2.14. The predicted molar refractivity (Wildman–Crippen MR) is 57.3 cm³/mol. The Balaban J connectivity index is 2.51. The van der Waals surface area contributed by atoms with Crippen molar-refractivity contribution in [3.63, 3.8) is 0 Å². The quantitative estimate of drug-likeness (QED) is 0.562. The van der Waals surface area contributed by atoms with E-state index in [0.29, 0.717) is 5.75 Å². The second kappa shape index (κ2) is 5.39. The summed E-state index contributed by atoms with van der Waals surface area (Å²) < 4.78 is 10.3. The highest BCUT2D eigenvalue weighted by Crippen LogP contribution is 2.14. The van der Waals surface area contributed by atoms with Crippen molar-refractivity contribution in [1.29, 1.82) is 0 Å². The average molecular weight is 207 g/mol. The molecule has 0 aromatic heterocycles. The van der Waals surface area contributed by atoms with Crippen molar-refractivity contribution >= 4 is 5.97 Å². The SMILES string of the molecule is C[CH]C(=O)OC(C)Oc1cccc(C)c1. The van der Waals surface area contributed by atoms with Crippen LogP contribution in [0.25, 0.3) is 0 Å². The van der Waals surface area contributed by atoms with Crippen LogP contribution in [0.2, 0.25) is 0 Å². The molecule has 1 aromatic carbocycles. The number of hydrogen-bond donors (Lipinski definition) is 0. The van der Waals surface area contributed by atoms with Gasteiger partial charge in [0.25, 0.3) is 0 Å². The summed E-state index contributed by atoms with van der Waals surface area (Å²) in [5, 5.41) is 0. The first kappa shape index (κ1) is 11.6. The summed E-state index contributed by atoms with van der Waals surface area (Å²) in [6.07, 6.45) is 0.784. The largest absolute Gasteiger partial charge is 0.455 e. The number of carbonyl (C=O) groups excluding carboxylic acids is 1. The summed E-state index contributed by atoms with van der Waals surface area (Å²) in [5.41, 5.74) is 1.10. The Labute approximate surface area is 90.0 Å². The fourth-order valence-corrected chi connectivity index (χ4v) is 1.14. The molecular formula is C12H15O3. The standard InChI is InChI=1S/C12H15O3/c1-4-12(13)15-10(3)14-11-7-5-6-9(2)8-11/h4-8,10H,1-3H3. The lowest BCUT2D eigenvalue weighted by molar-refractivity contribution is -0.156. The fourth-order valence-electron chi connectivity index (χ4n) is 1.14. The zero-order valence-electron chi connectivity index (χ0n) is 9.19. The van der Waals surface area contributed by atoms with Crippen molar-refractivity contribution in [2.75, 3.05) is 0 Å². The van der Waals surface area contributed by atoms with Crippen LogP contribution in [0, 0.1) is 13.3 Å². The van der Waals surface area contributed by atoms with Gasteiger partial charge in [0.1, 0.15) is 5.75 Å². The summed E-state index contributed by atoms with van der Waals surface area (Å²) in [6, 6.07) is 7.58. The van der Waals surface area contributed by atoms with E-state index in [0.717, 1.165) is 5.56 Å². The smallest absolute Gasteiger partial charge is 0.312 e. The number of esters is 1. The van der Waals surface area contributed by atoms with Crippen LogP contribution in [0.5, 0.6) is 5.75 Å². The number of benzene rings is 1. The van der Waals surface area contributed by atoms with Gasteiger partial charge in [0.05, 0.1) is 6.42 Å². The summed E-state index contributed by atoms with van der Waals surface area (Å²) in [5.74, 6) is 0.321. The van der Waals surface area contributed by atoms with Gasteiger partial charge < -0.3 is 9.47 Å². The summed E-state index contributed by atoms with van der Waals surface area (Å²) in [6.45, 7) is 5.29. The van der Waals surface area contributed by atoms with Gasteiger partial charge in [0.15, 0.2) is 0 Å². The summed E-state index contributed by atoms with van der Waals surface area (Å²) in [7, 11) is 0. The van der Waals surface area contributed by atoms with Gasteiger partial charge >= 0.3 is 5.97 Å². The van der Waals surface area contributed by atoms with E-state index in [4.69, 9.17) is 9.47 Å². The van der Waals surface area contributed by atoms with Gasteiger partial charge in [-0.15, -0.1) is 0 Å². The Hall–Kier alpha value is -1.51. The topological polar surface area (TPSA) is 35.5 Å². The molecule has 0 saturated carbocycles. The molecule has 1 radical (unpaired) electrons. The normalized spacial score (nSPS) is 11.9. The third kappa shape index (κ3) is 4.02. The van der Waals surface area contributed by atoms with Crippen molar-refractivity contribution in [3.05, 3.63) is 36.2 Å². The Kier molecular flexibility index (Phi) is 4.16. The minimum atomic E-state index is -0.574. The molecule has 0 bridgehead atoms. The molecule has 1 unspecified atom stereocenters. The number of carbonyl (C=O) groups is 1. The first-order chi connectivity index (χ1) is 7.11. The van der Waals surface area contributed by atoms with Crippen LogP contribution in [0.3, 0.4) is 0 Å². The predicted octanol–water partition coefficient (Wildman–Crippen LogP) is 2.49. The first-order valence-electron chi connectivity index (χ1n) is 4.85. The molecule has 0 saturated heterocycles. The van der Waals surface area contributed by atoms with Gasteiger partial charge in [0.2, 0.25) is 6.29 Å². The Morgan fingerprint density at radius 2 is 2.20 bits per heavy atom. The molecule has 0 aliphatic carbocycles. The van der Waals surface area contributed by atoms with E-state index in [-0.39, 0.29) is 5.97 Å². The van der Waals surface area contributed by atoms with Crippen LogP contribution in [-0.4, -0.2) is 12.3 Å². The zero-order valence-corrected chi connectivity index (χ0v) is 9.19. The van der Waals surface area contributed by atoms with Gasteiger partial charge in [-0.3, -0.25) is 4.79 Å². The summed E-state index contributed by atoms with van der Waals surface area (Å²) in [4.78, 5) is 10.9. The molecule has 0 aliphatic heterocycles. The Bertz CT molecular complexity index is 333. The molecule has 81 valence electrons. The van der Waals surface area contributed by atoms with Crippen molar-refractivity contribution in [2.24, 2.45) is 0 Å².